The largest absolute Gasteiger partial charge is 0.506 e. The van der Waals surface area contributed by atoms with Crippen molar-refractivity contribution in [2.75, 3.05) is 20.2 Å². The molecule has 2 N–H and O–H groups in total. The molecule has 29 heavy (non-hydrogen) atoms. The molecule has 152 valence electrons. The predicted octanol–water partition coefficient (Wildman–Crippen LogP) is 2.73. The maximum absolute atomic E-state index is 12.5. The van der Waals surface area contributed by atoms with Crippen LogP contribution in [0.4, 0.5) is 0 Å². The van der Waals surface area contributed by atoms with Crippen molar-refractivity contribution in [2.24, 2.45) is 7.05 Å². The monoisotopic (exact) mass is 437 g/mol. The standard InChI is InChI=1S/C19H17Cl2N3O5/c1-23-5-3-4-15(19(23)28)29-7-6-24(2)18(27)12(10-22)16(25)11-8-13(20)17(26)14(21)9-11/h3-5,8-9,25-26H,6-7H2,1-2H3/b16-12-. The van der Waals surface area contributed by atoms with Gasteiger partial charge in [-0.1, -0.05) is 23.2 Å². The smallest absolute Gasteiger partial charge is 0.292 e. The van der Waals surface area contributed by atoms with Crippen molar-refractivity contribution < 1.29 is 19.7 Å². The highest BCUT2D eigenvalue weighted by Crippen LogP contribution is 2.35. The molecule has 1 aromatic carbocycles. The Morgan fingerprint density at radius 3 is 2.55 bits per heavy atom. The number of aromatic hydroxyl groups is 1. The Morgan fingerprint density at radius 1 is 1.34 bits per heavy atom. The molecule has 1 amide bonds. The number of nitrogens with zero attached hydrogens (tertiary/aromatic N) is 3. The van der Waals surface area contributed by atoms with Crippen molar-refractivity contribution in [2.45, 2.75) is 0 Å². The van der Waals surface area contributed by atoms with Crippen LogP contribution >= 0.6 is 23.2 Å². The highest BCUT2D eigenvalue weighted by molar-refractivity contribution is 6.37. The van der Waals surface area contributed by atoms with Gasteiger partial charge >= 0.3 is 0 Å². The number of ether oxygens (including phenoxy) is 1. The zero-order chi connectivity index (χ0) is 21.7. The number of halogens is 2. The van der Waals surface area contributed by atoms with E-state index < -0.39 is 17.2 Å². The van der Waals surface area contributed by atoms with Gasteiger partial charge in [0.15, 0.2) is 17.1 Å². The molecule has 0 aliphatic heterocycles. The zero-order valence-corrected chi connectivity index (χ0v) is 17.0. The van der Waals surface area contributed by atoms with Crippen LogP contribution in [0.2, 0.25) is 10.0 Å². The number of aliphatic hydroxyl groups is 1. The summed E-state index contributed by atoms with van der Waals surface area (Å²) in [5, 5.41) is 29.0. The van der Waals surface area contributed by atoms with Gasteiger partial charge < -0.3 is 24.4 Å². The van der Waals surface area contributed by atoms with Gasteiger partial charge in [0.25, 0.3) is 11.5 Å². The van der Waals surface area contributed by atoms with Crippen molar-refractivity contribution in [3.63, 3.8) is 0 Å². The van der Waals surface area contributed by atoms with Gasteiger partial charge in [-0.25, -0.2) is 0 Å². The minimum atomic E-state index is -0.769. The maximum Gasteiger partial charge on any atom is 0.292 e. The Balaban J connectivity index is 2.15. The number of likely N-dealkylation sites (N-methyl/N-ethyl adjacent to an activating group) is 1. The van der Waals surface area contributed by atoms with Crippen LogP contribution in [0.25, 0.3) is 5.76 Å². The molecule has 1 aromatic heterocycles. The fourth-order valence-corrected chi connectivity index (χ4v) is 2.80. The predicted molar refractivity (Wildman–Crippen MR) is 108 cm³/mol. The van der Waals surface area contributed by atoms with Gasteiger partial charge in [-0.15, -0.1) is 0 Å². The molecular weight excluding hydrogens is 421 g/mol. The van der Waals surface area contributed by atoms with Crippen molar-refractivity contribution in [1.82, 2.24) is 9.47 Å². The van der Waals surface area contributed by atoms with Crippen molar-refractivity contribution in [1.29, 1.82) is 5.26 Å². The number of benzene rings is 1. The van der Waals surface area contributed by atoms with Crippen LogP contribution in [0, 0.1) is 11.3 Å². The summed E-state index contributed by atoms with van der Waals surface area (Å²) < 4.78 is 6.74. The average molecular weight is 438 g/mol. The quantitative estimate of drug-likeness (QED) is 0.407. The molecule has 0 unspecified atom stereocenters. The fraction of sp³-hybridized carbons (Fsp3) is 0.211. The lowest BCUT2D eigenvalue weighted by Crippen LogP contribution is -2.32. The number of pyridine rings is 1. The summed E-state index contributed by atoms with van der Waals surface area (Å²) in [5.74, 6) is -1.65. The highest BCUT2D eigenvalue weighted by Gasteiger charge is 2.22. The molecule has 2 aromatic rings. The second-order valence-corrected chi connectivity index (χ2v) is 6.80. The van der Waals surface area contributed by atoms with E-state index in [4.69, 9.17) is 27.9 Å². The van der Waals surface area contributed by atoms with Gasteiger partial charge in [-0.3, -0.25) is 9.59 Å². The molecule has 0 aliphatic carbocycles. The fourth-order valence-electron chi connectivity index (χ4n) is 2.32. The van der Waals surface area contributed by atoms with Crippen LogP contribution in [-0.2, 0) is 11.8 Å². The van der Waals surface area contributed by atoms with Crippen LogP contribution in [0.1, 0.15) is 5.56 Å². The molecule has 0 saturated carbocycles. The molecule has 0 saturated heterocycles. The number of nitriles is 1. The van der Waals surface area contributed by atoms with E-state index in [1.807, 2.05) is 0 Å². The molecule has 0 bridgehead atoms. The van der Waals surface area contributed by atoms with E-state index in [2.05, 4.69) is 0 Å². The van der Waals surface area contributed by atoms with Crippen LogP contribution in [0.3, 0.4) is 0 Å². The van der Waals surface area contributed by atoms with Gasteiger partial charge in [0.05, 0.1) is 16.6 Å². The van der Waals surface area contributed by atoms with Crippen molar-refractivity contribution in [3.8, 4) is 17.6 Å². The van der Waals surface area contributed by atoms with E-state index >= 15 is 0 Å². The zero-order valence-electron chi connectivity index (χ0n) is 15.5. The summed E-state index contributed by atoms with van der Waals surface area (Å²) in [5.41, 5.74) is -0.862. The molecule has 0 atom stereocenters. The summed E-state index contributed by atoms with van der Waals surface area (Å²) in [6.45, 7) is 0.0459. The number of aryl methyl sites for hydroxylation is 1. The lowest BCUT2D eigenvalue weighted by Gasteiger charge is -2.17. The second-order valence-electron chi connectivity index (χ2n) is 5.99. The van der Waals surface area contributed by atoms with Gasteiger partial charge in [0.1, 0.15) is 18.4 Å². The lowest BCUT2D eigenvalue weighted by molar-refractivity contribution is -0.125. The van der Waals surface area contributed by atoms with Crippen LogP contribution in [-0.4, -0.2) is 45.8 Å². The number of phenolic OH excluding ortho intramolecular Hbond substituents is 1. The molecule has 1 heterocycles. The van der Waals surface area contributed by atoms with Gasteiger partial charge in [0, 0.05) is 25.9 Å². The number of hydrogen-bond donors (Lipinski definition) is 2. The number of aliphatic hydroxyl groups excluding tert-OH is 1. The Kier molecular flexibility index (Phi) is 7.15. The number of carbonyl (C=O) groups is 1. The summed E-state index contributed by atoms with van der Waals surface area (Å²) in [4.78, 5) is 25.6. The second kappa shape index (κ2) is 9.37. The number of hydrogen-bond acceptors (Lipinski definition) is 6. The lowest BCUT2D eigenvalue weighted by atomic mass is 10.1. The molecule has 10 heteroatoms. The Labute approximate surface area is 176 Å². The van der Waals surface area contributed by atoms with Crippen LogP contribution in [0.5, 0.6) is 11.5 Å². The number of carbonyl (C=O) groups excluding carboxylic acids is 1. The molecule has 2 rings (SSSR count). The Hall–Kier alpha value is -3.15. The summed E-state index contributed by atoms with van der Waals surface area (Å²) in [7, 11) is 3.00. The number of amides is 1. The summed E-state index contributed by atoms with van der Waals surface area (Å²) in [6.07, 6.45) is 1.58. The van der Waals surface area contributed by atoms with E-state index in [0.29, 0.717) is 0 Å². The first-order chi connectivity index (χ1) is 13.7. The van der Waals surface area contributed by atoms with Crippen LogP contribution < -0.4 is 10.3 Å². The molecule has 8 nitrogen and oxygen atoms in total. The molecule has 0 fully saturated rings. The van der Waals surface area contributed by atoms with Crippen molar-refractivity contribution >= 4 is 34.9 Å². The first-order valence-corrected chi connectivity index (χ1v) is 8.98. The minimum Gasteiger partial charge on any atom is -0.506 e. The average Bonchev–Trinajstić information content (AvgIpc) is 2.69. The molecule has 0 spiro atoms. The van der Waals surface area contributed by atoms with E-state index in [9.17, 15) is 25.1 Å². The van der Waals surface area contributed by atoms with Crippen molar-refractivity contribution in [3.05, 3.63) is 62.0 Å². The van der Waals surface area contributed by atoms with Gasteiger partial charge in [-0.2, -0.15) is 5.26 Å². The third-order valence-corrected chi connectivity index (χ3v) is 4.55. The van der Waals surface area contributed by atoms with E-state index in [-0.39, 0.29) is 45.8 Å². The number of aromatic nitrogens is 1. The normalized spacial score (nSPS) is 11.4. The van der Waals surface area contributed by atoms with Gasteiger partial charge in [-0.05, 0) is 24.3 Å². The third kappa shape index (κ3) is 5.02. The van der Waals surface area contributed by atoms with Gasteiger partial charge in [0.2, 0.25) is 0 Å². The summed E-state index contributed by atoms with van der Waals surface area (Å²) >= 11 is 11.6. The first-order valence-electron chi connectivity index (χ1n) is 8.23. The third-order valence-electron chi connectivity index (χ3n) is 3.97. The summed E-state index contributed by atoms with van der Waals surface area (Å²) in [6, 6.07) is 7.17. The van der Waals surface area contributed by atoms with E-state index in [1.54, 1.807) is 25.4 Å². The maximum atomic E-state index is 12.5. The Morgan fingerprint density at radius 2 is 1.97 bits per heavy atom. The number of rotatable bonds is 6. The molecule has 0 aliphatic rings. The topological polar surface area (TPSA) is 116 Å². The number of phenols is 1. The highest BCUT2D eigenvalue weighted by atomic mass is 35.5. The van der Waals surface area contributed by atoms with E-state index in [1.165, 1.54) is 29.8 Å². The SMILES string of the molecule is CN(CCOc1cccn(C)c1=O)C(=O)/C(C#N)=C(\O)c1cc(Cl)c(O)c(Cl)c1. The first kappa shape index (κ1) is 22.1. The molecule has 0 radical (unpaired) electrons. The van der Waals surface area contributed by atoms with Crippen LogP contribution in [0.15, 0.2) is 40.8 Å². The molecular formula is C19H17Cl2N3O5. The minimum absolute atomic E-state index is 0.000122. The van der Waals surface area contributed by atoms with E-state index in [0.717, 1.165) is 4.90 Å². The Bertz CT molecular complexity index is 1050.